The van der Waals surface area contributed by atoms with Gasteiger partial charge >= 0.3 is 6.18 Å². The van der Waals surface area contributed by atoms with Crippen LogP contribution in [0.4, 0.5) is 13.2 Å². The Bertz CT molecular complexity index is 398. The summed E-state index contributed by atoms with van der Waals surface area (Å²) in [5, 5.41) is 0. The van der Waals surface area contributed by atoms with Crippen molar-refractivity contribution in [2.45, 2.75) is 31.5 Å². The van der Waals surface area contributed by atoms with E-state index in [4.69, 9.17) is 5.73 Å². The van der Waals surface area contributed by atoms with Crippen LogP contribution in [0.5, 0.6) is 0 Å². The SMILES string of the molecule is CC1(N)CCc2cnc(C(F)(F)F)nc21. The topological polar surface area (TPSA) is 51.8 Å². The first-order chi connectivity index (χ1) is 6.81. The summed E-state index contributed by atoms with van der Waals surface area (Å²) in [6.07, 6.45) is -2.03. The van der Waals surface area contributed by atoms with Crippen molar-refractivity contribution in [3.8, 4) is 0 Å². The minimum atomic E-state index is -4.51. The number of nitrogens with two attached hydrogens (primary N) is 1. The van der Waals surface area contributed by atoms with E-state index >= 15 is 0 Å². The van der Waals surface area contributed by atoms with Crippen LogP contribution in [-0.2, 0) is 18.1 Å². The van der Waals surface area contributed by atoms with Crippen LogP contribution < -0.4 is 5.73 Å². The van der Waals surface area contributed by atoms with Gasteiger partial charge in [0.1, 0.15) is 0 Å². The second-order valence-corrected chi connectivity index (χ2v) is 3.98. The zero-order valence-electron chi connectivity index (χ0n) is 8.10. The lowest BCUT2D eigenvalue weighted by Gasteiger charge is -2.18. The van der Waals surface area contributed by atoms with Crippen molar-refractivity contribution in [2.75, 3.05) is 0 Å². The van der Waals surface area contributed by atoms with E-state index in [1.165, 1.54) is 6.20 Å². The number of nitrogens with zero attached hydrogens (tertiary/aromatic N) is 2. The molecule has 3 nitrogen and oxygen atoms in total. The smallest absolute Gasteiger partial charge is 0.320 e. The zero-order valence-corrected chi connectivity index (χ0v) is 8.10. The van der Waals surface area contributed by atoms with E-state index in [-0.39, 0.29) is 0 Å². The Balaban J connectivity index is 2.51. The van der Waals surface area contributed by atoms with E-state index in [0.29, 0.717) is 24.1 Å². The molecule has 1 unspecified atom stereocenters. The highest BCUT2D eigenvalue weighted by atomic mass is 19.4. The average molecular weight is 217 g/mol. The predicted octanol–water partition coefficient (Wildman–Crippen LogP) is 1.62. The molecule has 82 valence electrons. The van der Waals surface area contributed by atoms with Crippen molar-refractivity contribution < 1.29 is 13.2 Å². The molecule has 1 atom stereocenters. The predicted molar refractivity (Wildman–Crippen MR) is 46.9 cm³/mol. The molecule has 0 amide bonds. The van der Waals surface area contributed by atoms with Crippen LogP contribution in [0.15, 0.2) is 6.20 Å². The van der Waals surface area contributed by atoms with Gasteiger partial charge in [0.15, 0.2) is 0 Å². The number of aromatic nitrogens is 2. The Morgan fingerprint density at radius 2 is 2.13 bits per heavy atom. The summed E-state index contributed by atoms with van der Waals surface area (Å²) in [4.78, 5) is 6.81. The van der Waals surface area contributed by atoms with E-state index in [1.54, 1.807) is 6.92 Å². The first-order valence-electron chi connectivity index (χ1n) is 4.53. The van der Waals surface area contributed by atoms with Crippen LogP contribution in [0.1, 0.15) is 30.4 Å². The quantitative estimate of drug-likeness (QED) is 0.718. The largest absolute Gasteiger partial charge is 0.451 e. The Kier molecular flexibility index (Phi) is 2.01. The van der Waals surface area contributed by atoms with Crippen molar-refractivity contribution in [1.29, 1.82) is 0 Å². The van der Waals surface area contributed by atoms with Crippen molar-refractivity contribution in [3.05, 3.63) is 23.3 Å². The number of fused-ring (bicyclic) bond motifs is 1. The molecule has 1 aromatic heterocycles. The normalized spacial score (nSPS) is 25.4. The van der Waals surface area contributed by atoms with Gasteiger partial charge in [-0.3, -0.25) is 0 Å². The molecule has 2 rings (SSSR count). The van der Waals surface area contributed by atoms with Crippen LogP contribution in [0, 0.1) is 0 Å². The second-order valence-electron chi connectivity index (χ2n) is 3.98. The molecule has 0 saturated carbocycles. The number of alkyl halides is 3. The number of hydrogen-bond donors (Lipinski definition) is 1. The van der Waals surface area contributed by atoms with Gasteiger partial charge in [-0.05, 0) is 25.3 Å². The van der Waals surface area contributed by atoms with Crippen molar-refractivity contribution in [2.24, 2.45) is 5.73 Å². The molecule has 15 heavy (non-hydrogen) atoms. The molecule has 1 aromatic rings. The van der Waals surface area contributed by atoms with Crippen molar-refractivity contribution in [3.63, 3.8) is 0 Å². The van der Waals surface area contributed by atoms with Gasteiger partial charge in [0.25, 0.3) is 0 Å². The fourth-order valence-corrected chi connectivity index (χ4v) is 1.73. The van der Waals surface area contributed by atoms with E-state index < -0.39 is 17.5 Å². The molecule has 0 bridgehead atoms. The third-order valence-electron chi connectivity index (χ3n) is 2.57. The minimum Gasteiger partial charge on any atom is -0.320 e. The molecule has 0 aliphatic heterocycles. The lowest BCUT2D eigenvalue weighted by Crippen LogP contribution is -2.31. The molecule has 6 heteroatoms. The first-order valence-corrected chi connectivity index (χ1v) is 4.53. The van der Waals surface area contributed by atoms with Crippen molar-refractivity contribution >= 4 is 0 Å². The second kappa shape index (κ2) is 2.91. The highest BCUT2D eigenvalue weighted by Gasteiger charge is 2.39. The lowest BCUT2D eigenvalue weighted by molar-refractivity contribution is -0.145. The molecule has 1 aliphatic rings. The van der Waals surface area contributed by atoms with Crippen LogP contribution >= 0.6 is 0 Å². The zero-order chi connectivity index (χ0) is 11.3. The van der Waals surface area contributed by atoms with E-state index in [9.17, 15) is 13.2 Å². The fraction of sp³-hybridized carbons (Fsp3) is 0.556. The van der Waals surface area contributed by atoms with Gasteiger partial charge < -0.3 is 5.73 Å². The average Bonchev–Trinajstić information content (AvgIpc) is 2.41. The fourth-order valence-electron chi connectivity index (χ4n) is 1.73. The summed E-state index contributed by atoms with van der Waals surface area (Å²) >= 11 is 0. The maximum atomic E-state index is 12.3. The summed E-state index contributed by atoms with van der Waals surface area (Å²) in [5.41, 5.74) is 6.12. The number of rotatable bonds is 0. The van der Waals surface area contributed by atoms with Gasteiger partial charge in [0, 0.05) is 6.20 Å². The summed E-state index contributed by atoms with van der Waals surface area (Å²) in [6, 6.07) is 0. The van der Waals surface area contributed by atoms with Crippen molar-refractivity contribution in [1.82, 2.24) is 9.97 Å². The summed E-state index contributed by atoms with van der Waals surface area (Å²) in [7, 11) is 0. The number of halogens is 3. The molecule has 1 aliphatic carbocycles. The molecule has 0 fully saturated rings. The molecule has 0 saturated heterocycles. The molecule has 0 aromatic carbocycles. The van der Waals surface area contributed by atoms with Crippen LogP contribution in [0.25, 0.3) is 0 Å². The van der Waals surface area contributed by atoms with E-state index in [0.717, 1.165) is 0 Å². The monoisotopic (exact) mass is 217 g/mol. The third kappa shape index (κ3) is 1.69. The van der Waals surface area contributed by atoms with Gasteiger partial charge in [0.2, 0.25) is 5.82 Å². The highest BCUT2D eigenvalue weighted by Crippen LogP contribution is 2.34. The first kappa shape index (κ1) is 10.4. The third-order valence-corrected chi connectivity index (χ3v) is 2.57. The Hall–Kier alpha value is -1.17. The summed E-state index contributed by atoms with van der Waals surface area (Å²) < 4.78 is 37.0. The summed E-state index contributed by atoms with van der Waals surface area (Å²) in [6.45, 7) is 1.69. The summed E-state index contributed by atoms with van der Waals surface area (Å²) in [5.74, 6) is -1.11. The molecular formula is C9H10F3N3. The molecule has 0 radical (unpaired) electrons. The van der Waals surface area contributed by atoms with E-state index in [1.807, 2.05) is 0 Å². The Labute approximate surface area is 84.5 Å². The van der Waals surface area contributed by atoms with Crippen LogP contribution in [0.3, 0.4) is 0 Å². The van der Waals surface area contributed by atoms with Crippen LogP contribution in [0.2, 0.25) is 0 Å². The van der Waals surface area contributed by atoms with Crippen LogP contribution in [-0.4, -0.2) is 9.97 Å². The van der Waals surface area contributed by atoms with Gasteiger partial charge in [-0.2, -0.15) is 13.2 Å². The lowest BCUT2D eigenvalue weighted by atomic mass is 10.0. The van der Waals surface area contributed by atoms with Gasteiger partial charge in [-0.25, -0.2) is 9.97 Å². The maximum absolute atomic E-state index is 12.3. The Morgan fingerprint density at radius 1 is 1.47 bits per heavy atom. The number of hydrogen-bond acceptors (Lipinski definition) is 3. The minimum absolute atomic E-state index is 0.324. The van der Waals surface area contributed by atoms with Gasteiger partial charge in [-0.1, -0.05) is 0 Å². The number of aryl methyl sites for hydroxylation is 1. The van der Waals surface area contributed by atoms with Gasteiger partial charge in [-0.15, -0.1) is 0 Å². The van der Waals surface area contributed by atoms with E-state index in [2.05, 4.69) is 9.97 Å². The molecule has 0 spiro atoms. The molecular weight excluding hydrogens is 207 g/mol. The molecule has 1 heterocycles. The van der Waals surface area contributed by atoms with Gasteiger partial charge in [0.05, 0.1) is 11.2 Å². The molecule has 2 N–H and O–H groups in total. The standard InChI is InChI=1S/C9H10F3N3/c1-8(13)3-2-5-4-14-7(9(10,11)12)15-6(5)8/h4H,2-3,13H2,1H3. The maximum Gasteiger partial charge on any atom is 0.451 e. The highest BCUT2D eigenvalue weighted by molar-refractivity contribution is 5.30. The Morgan fingerprint density at radius 3 is 2.73 bits per heavy atom.